The molecular weight excluding hydrogens is 292 g/mol. The molecule has 0 aliphatic carbocycles. The number of nitrogens with one attached hydrogen (secondary N) is 1. The van der Waals surface area contributed by atoms with Gasteiger partial charge in [0.05, 0.1) is 18.8 Å². The van der Waals surface area contributed by atoms with Crippen LogP contribution in [0.4, 0.5) is 0 Å². The van der Waals surface area contributed by atoms with Crippen LogP contribution in [0.3, 0.4) is 0 Å². The summed E-state index contributed by atoms with van der Waals surface area (Å²) in [6.45, 7) is 3.56. The zero-order chi connectivity index (χ0) is 15.8. The van der Waals surface area contributed by atoms with E-state index in [1.165, 1.54) is 0 Å². The minimum absolute atomic E-state index is 0.0567. The molecule has 1 N–H and O–H groups in total. The van der Waals surface area contributed by atoms with Crippen LogP contribution in [0, 0.1) is 6.92 Å². The van der Waals surface area contributed by atoms with Gasteiger partial charge in [0.25, 0.3) is 5.91 Å². The lowest BCUT2D eigenvalue weighted by Gasteiger charge is -2.24. The molecular formula is C16H18N6O. The van der Waals surface area contributed by atoms with Gasteiger partial charge >= 0.3 is 0 Å². The van der Waals surface area contributed by atoms with E-state index in [0.717, 1.165) is 37.0 Å². The third kappa shape index (κ3) is 2.58. The predicted octanol–water partition coefficient (Wildman–Crippen LogP) is 1.77. The van der Waals surface area contributed by atoms with Crippen molar-refractivity contribution < 1.29 is 4.79 Å². The highest BCUT2D eigenvalue weighted by molar-refractivity contribution is 5.97. The smallest absolute Gasteiger partial charge is 0.254 e. The van der Waals surface area contributed by atoms with Gasteiger partial charge < -0.3 is 4.90 Å². The number of likely N-dealkylation sites (tertiary alicyclic amines) is 1. The average molecular weight is 310 g/mol. The number of fused-ring (bicyclic) bond motifs is 1. The Morgan fingerprint density at radius 2 is 2.22 bits per heavy atom. The topological polar surface area (TPSA) is 79.7 Å². The van der Waals surface area contributed by atoms with Gasteiger partial charge in [-0.1, -0.05) is 0 Å². The number of aromatic amines is 1. The lowest BCUT2D eigenvalue weighted by Crippen LogP contribution is -2.38. The molecule has 7 nitrogen and oxygen atoms in total. The van der Waals surface area contributed by atoms with Crippen molar-refractivity contribution in [2.75, 3.05) is 6.54 Å². The largest absolute Gasteiger partial charge is 0.334 e. The SMILES string of the molecule is Cc1cnn(C[C@@H]2CCCN2C(=O)c2ccc3n[nH]nc3c2)c1. The van der Waals surface area contributed by atoms with E-state index in [1.807, 2.05) is 41.0 Å². The van der Waals surface area contributed by atoms with E-state index in [-0.39, 0.29) is 11.9 Å². The van der Waals surface area contributed by atoms with Crippen LogP contribution in [0.1, 0.15) is 28.8 Å². The van der Waals surface area contributed by atoms with Gasteiger partial charge in [-0.2, -0.15) is 20.5 Å². The standard InChI is InChI=1S/C16H18N6O/c1-11-8-17-21(9-11)10-13-3-2-6-22(13)16(23)12-4-5-14-15(7-12)19-20-18-14/h4-5,7-9,13H,2-3,6,10H2,1H3,(H,18,19,20)/t13-/m0/s1. The third-order valence-corrected chi connectivity index (χ3v) is 4.36. The van der Waals surface area contributed by atoms with E-state index in [1.54, 1.807) is 6.07 Å². The van der Waals surface area contributed by atoms with Crippen molar-refractivity contribution in [3.8, 4) is 0 Å². The summed E-state index contributed by atoms with van der Waals surface area (Å²) in [5.41, 5.74) is 3.29. The molecule has 0 bridgehead atoms. The Morgan fingerprint density at radius 3 is 3.04 bits per heavy atom. The van der Waals surface area contributed by atoms with E-state index in [4.69, 9.17) is 0 Å². The Labute approximate surface area is 133 Å². The highest BCUT2D eigenvalue weighted by Crippen LogP contribution is 2.22. The maximum atomic E-state index is 12.9. The predicted molar refractivity (Wildman–Crippen MR) is 84.9 cm³/mol. The van der Waals surface area contributed by atoms with Gasteiger partial charge in [0.2, 0.25) is 0 Å². The summed E-state index contributed by atoms with van der Waals surface area (Å²) in [5.74, 6) is 0.0567. The molecule has 1 aromatic carbocycles. The summed E-state index contributed by atoms with van der Waals surface area (Å²) in [6, 6.07) is 5.64. The van der Waals surface area contributed by atoms with Crippen molar-refractivity contribution in [1.29, 1.82) is 0 Å². The van der Waals surface area contributed by atoms with Gasteiger partial charge in [-0.3, -0.25) is 9.48 Å². The van der Waals surface area contributed by atoms with Gasteiger partial charge in [-0.05, 0) is 43.5 Å². The number of H-pyrrole nitrogens is 1. The van der Waals surface area contributed by atoms with Crippen molar-refractivity contribution in [3.63, 3.8) is 0 Å². The molecule has 118 valence electrons. The van der Waals surface area contributed by atoms with Crippen LogP contribution >= 0.6 is 0 Å². The number of amides is 1. The molecule has 0 radical (unpaired) electrons. The Bertz CT molecular complexity index is 851. The van der Waals surface area contributed by atoms with E-state index >= 15 is 0 Å². The number of benzene rings is 1. The molecule has 1 aliphatic heterocycles. The molecule has 1 saturated heterocycles. The number of aromatic nitrogens is 5. The van der Waals surface area contributed by atoms with Crippen LogP contribution in [0.2, 0.25) is 0 Å². The van der Waals surface area contributed by atoms with Crippen molar-refractivity contribution in [2.24, 2.45) is 0 Å². The lowest BCUT2D eigenvalue weighted by molar-refractivity contribution is 0.0722. The summed E-state index contributed by atoms with van der Waals surface area (Å²) in [4.78, 5) is 14.8. The first kappa shape index (κ1) is 13.9. The number of hydrogen-bond acceptors (Lipinski definition) is 4. The quantitative estimate of drug-likeness (QED) is 0.799. The minimum atomic E-state index is 0.0567. The third-order valence-electron chi connectivity index (χ3n) is 4.36. The molecule has 4 rings (SSSR count). The van der Waals surface area contributed by atoms with E-state index in [0.29, 0.717) is 11.1 Å². The number of carbonyl (C=O) groups is 1. The van der Waals surface area contributed by atoms with Crippen molar-refractivity contribution in [2.45, 2.75) is 32.4 Å². The lowest BCUT2D eigenvalue weighted by atomic mass is 10.1. The molecule has 23 heavy (non-hydrogen) atoms. The number of rotatable bonds is 3. The normalized spacial score (nSPS) is 18.0. The summed E-state index contributed by atoms with van der Waals surface area (Å²) < 4.78 is 1.92. The van der Waals surface area contributed by atoms with Crippen LogP contribution in [0.5, 0.6) is 0 Å². The summed E-state index contributed by atoms with van der Waals surface area (Å²) >= 11 is 0. The second-order valence-corrected chi connectivity index (χ2v) is 6.06. The summed E-state index contributed by atoms with van der Waals surface area (Å²) in [7, 11) is 0. The molecule has 0 spiro atoms. The highest BCUT2D eigenvalue weighted by Gasteiger charge is 2.30. The van der Waals surface area contributed by atoms with Gasteiger partial charge in [0, 0.05) is 18.3 Å². The molecule has 1 fully saturated rings. The number of aryl methyl sites for hydroxylation is 1. The molecule has 0 unspecified atom stereocenters. The van der Waals surface area contributed by atoms with Crippen molar-refractivity contribution in [3.05, 3.63) is 41.7 Å². The Kier molecular flexibility index (Phi) is 3.33. The fourth-order valence-corrected chi connectivity index (χ4v) is 3.21. The van der Waals surface area contributed by atoms with Crippen LogP contribution in [0.15, 0.2) is 30.6 Å². The molecule has 3 aromatic rings. The Morgan fingerprint density at radius 1 is 1.35 bits per heavy atom. The number of hydrogen-bond donors (Lipinski definition) is 1. The van der Waals surface area contributed by atoms with Crippen molar-refractivity contribution in [1.82, 2.24) is 30.1 Å². The number of nitrogens with zero attached hydrogens (tertiary/aromatic N) is 5. The Hall–Kier alpha value is -2.70. The average Bonchev–Trinajstić information content (AvgIpc) is 3.27. The summed E-state index contributed by atoms with van der Waals surface area (Å²) in [6.07, 6.45) is 5.90. The van der Waals surface area contributed by atoms with E-state index in [9.17, 15) is 4.79 Å². The van der Waals surface area contributed by atoms with Gasteiger partial charge in [-0.15, -0.1) is 0 Å². The van der Waals surface area contributed by atoms with Gasteiger partial charge in [0.1, 0.15) is 11.0 Å². The highest BCUT2D eigenvalue weighted by atomic mass is 16.2. The first-order chi connectivity index (χ1) is 11.2. The maximum Gasteiger partial charge on any atom is 0.254 e. The molecule has 0 saturated carbocycles. The fourth-order valence-electron chi connectivity index (χ4n) is 3.21. The fraction of sp³-hybridized carbons (Fsp3) is 0.375. The Balaban J connectivity index is 1.56. The minimum Gasteiger partial charge on any atom is -0.334 e. The monoisotopic (exact) mass is 310 g/mol. The molecule has 1 amide bonds. The number of carbonyl (C=O) groups excluding carboxylic acids is 1. The zero-order valence-corrected chi connectivity index (χ0v) is 12.9. The van der Waals surface area contributed by atoms with E-state index in [2.05, 4.69) is 20.5 Å². The van der Waals surface area contributed by atoms with Gasteiger partial charge in [-0.25, -0.2) is 0 Å². The van der Waals surface area contributed by atoms with Crippen LogP contribution in [-0.4, -0.2) is 48.6 Å². The first-order valence-electron chi connectivity index (χ1n) is 7.81. The second-order valence-electron chi connectivity index (χ2n) is 6.06. The molecule has 1 aliphatic rings. The van der Waals surface area contributed by atoms with Crippen LogP contribution < -0.4 is 0 Å². The molecule has 1 atom stereocenters. The summed E-state index contributed by atoms with van der Waals surface area (Å²) in [5, 5.41) is 15.0. The molecule has 3 heterocycles. The van der Waals surface area contributed by atoms with E-state index < -0.39 is 0 Å². The second kappa shape index (κ2) is 5.49. The van der Waals surface area contributed by atoms with Crippen molar-refractivity contribution >= 4 is 16.9 Å². The zero-order valence-electron chi connectivity index (χ0n) is 12.9. The van der Waals surface area contributed by atoms with Crippen LogP contribution in [-0.2, 0) is 6.54 Å². The molecule has 7 heteroatoms. The maximum absolute atomic E-state index is 12.9. The van der Waals surface area contributed by atoms with Crippen LogP contribution in [0.25, 0.3) is 11.0 Å². The van der Waals surface area contributed by atoms with Gasteiger partial charge in [0.15, 0.2) is 0 Å². The first-order valence-corrected chi connectivity index (χ1v) is 7.81. The molecule has 2 aromatic heterocycles.